The Hall–Kier alpha value is -8.05. The Kier molecular flexibility index (Phi) is 63.1. The average molecular weight is 1960 g/mol. The van der Waals surface area contributed by atoms with E-state index < -0.39 is 165 Å². The summed E-state index contributed by atoms with van der Waals surface area (Å²) in [7, 11) is 3.21. The first-order valence-electron chi connectivity index (χ1n) is 48.0. The third-order valence-corrected chi connectivity index (χ3v) is 23.1. The molecule has 47 nitrogen and oxygen atoms in total. The van der Waals surface area contributed by atoms with Gasteiger partial charge in [-0.15, -0.1) is 0 Å². The maximum absolute atomic E-state index is 14.1. The number of ketones is 1. The number of Topliss-reactive ketones (excluding diaryl/α,β-unsaturated/α-hetero) is 1. The van der Waals surface area contributed by atoms with E-state index in [1.807, 2.05) is 0 Å². The molecule has 0 radical (unpaired) electrons. The molecular formula is C89H158N12O35. The van der Waals surface area contributed by atoms with Gasteiger partial charge in [-0.1, -0.05) is 38.5 Å². The van der Waals surface area contributed by atoms with Crippen LogP contribution in [-0.4, -0.2) is 397 Å². The molecule has 12 amide bonds. The van der Waals surface area contributed by atoms with Crippen molar-refractivity contribution in [2.24, 2.45) is 0 Å². The number of unbranched alkanes of at least 4 members (excludes halogenated alkanes) is 10. The molecule has 0 aliphatic carbocycles. The molecule has 0 bridgehead atoms. The first-order chi connectivity index (χ1) is 65.4. The zero-order valence-electron chi connectivity index (χ0n) is 79.9. The Bertz CT molecular complexity index is 3190. The van der Waals surface area contributed by atoms with E-state index in [0.29, 0.717) is 116 Å². The van der Waals surface area contributed by atoms with Crippen LogP contribution in [0.15, 0.2) is 0 Å². The third-order valence-electron chi connectivity index (χ3n) is 23.1. The van der Waals surface area contributed by atoms with Crippen LogP contribution in [0.25, 0.3) is 0 Å². The summed E-state index contributed by atoms with van der Waals surface area (Å²) in [5.41, 5.74) is -1.11. The summed E-state index contributed by atoms with van der Waals surface area (Å²) in [5, 5.41) is 121. The number of rotatable bonds is 74. The van der Waals surface area contributed by atoms with Crippen LogP contribution in [0, 0.1) is 0 Å². The highest BCUT2D eigenvalue weighted by Gasteiger charge is 2.49. The number of carbonyl (C=O) groups excluding carboxylic acids is 13. The highest BCUT2D eigenvalue weighted by atomic mass is 16.7. The van der Waals surface area contributed by atoms with Gasteiger partial charge < -0.3 is 171 Å². The number of nitrogens with zero attached hydrogens (tertiary/aromatic N) is 1. The Morgan fingerprint density at radius 2 is 0.706 bits per heavy atom. The third kappa shape index (κ3) is 50.7. The van der Waals surface area contributed by atoms with Gasteiger partial charge in [0.2, 0.25) is 53.2 Å². The van der Waals surface area contributed by atoms with Gasteiger partial charge in [-0.2, -0.15) is 0 Å². The maximum Gasteiger partial charge on any atom is 0.407 e. The molecule has 4 aliphatic rings. The van der Waals surface area contributed by atoms with Crippen LogP contribution >= 0.6 is 0 Å². The summed E-state index contributed by atoms with van der Waals surface area (Å²) in [4.78, 5) is 167. The Labute approximate surface area is 795 Å². The molecule has 0 saturated carbocycles. The molecule has 4 aliphatic heterocycles. The number of nitrogens with one attached hydrogen (secondary N) is 11. The maximum atomic E-state index is 14.1. The minimum Gasteiger partial charge on any atom is -0.450 e. The van der Waals surface area contributed by atoms with Gasteiger partial charge in [0.25, 0.3) is 0 Å². The van der Waals surface area contributed by atoms with E-state index in [4.69, 9.17) is 61.6 Å². The molecule has 0 spiro atoms. The van der Waals surface area contributed by atoms with E-state index in [1.165, 1.54) is 20.8 Å². The van der Waals surface area contributed by atoms with E-state index in [-0.39, 0.29) is 230 Å². The number of ether oxygens (including phenoxy) is 13. The molecule has 4 fully saturated rings. The molecule has 0 aromatic rings. The highest BCUT2D eigenvalue weighted by Crippen LogP contribution is 2.30. The average Bonchev–Trinajstić information content (AvgIpc) is 1.50. The minimum atomic E-state index is -1.47. The zero-order chi connectivity index (χ0) is 99.8. The summed E-state index contributed by atoms with van der Waals surface area (Å²) in [5.74, 6) is -3.28. The predicted octanol–water partition coefficient (Wildman–Crippen LogP) is -2.07. The molecule has 784 valence electrons. The second-order valence-electron chi connectivity index (χ2n) is 34.4. The molecule has 4 heterocycles. The van der Waals surface area contributed by atoms with E-state index in [0.717, 1.165) is 19.3 Å². The monoisotopic (exact) mass is 1960 g/mol. The Morgan fingerprint density at radius 1 is 0.360 bits per heavy atom. The molecule has 0 aromatic heterocycles. The number of aliphatic hydroxyl groups is 9. The fourth-order valence-corrected chi connectivity index (χ4v) is 15.8. The van der Waals surface area contributed by atoms with Crippen molar-refractivity contribution in [2.45, 2.75) is 329 Å². The van der Waals surface area contributed by atoms with Crippen molar-refractivity contribution in [3.05, 3.63) is 0 Å². The van der Waals surface area contributed by atoms with Gasteiger partial charge in [-0.25, -0.2) is 14.4 Å². The molecule has 4 rings (SSSR count). The van der Waals surface area contributed by atoms with Crippen molar-refractivity contribution in [1.29, 1.82) is 0 Å². The fraction of sp³-hybridized carbons (Fsp3) is 0.854. The van der Waals surface area contributed by atoms with Crippen LogP contribution in [0.5, 0.6) is 0 Å². The molecule has 4 saturated heterocycles. The van der Waals surface area contributed by atoms with E-state index in [9.17, 15) is 108 Å². The van der Waals surface area contributed by atoms with Crippen molar-refractivity contribution in [3.63, 3.8) is 0 Å². The van der Waals surface area contributed by atoms with Crippen molar-refractivity contribution in [3.8, 4) is 0 Å². The van der Waals surface area contributed by atoms with Gasteiger partial charge >= 0.3 is 18.3 Å². The summed E-state index contributed by atoms with van der Waals surface area (Å²) >= 11 is 0. The smallest absolute Gasteiger partial charge is 0.407 e. The number of methoxy groups -OCH3 is 2. The normalized spacial score (nSPS) is 23.5. The minimum absolute atomic E-state index is 0.00452. The number of hydrogen-bond donors (Lipinski definition) is 20. The van der Waals surface area contributed by atoms with Crippen LogP contribution in [0.3, 0.4) is 0 Å². The highest BCUT2D eigenvalue weighted by molar-refractivity contribution is 5.84. The number of hydrogen-bond acceptors (Lipinski definition) is 35. The summed E-state index contributed by atoms with van der Waals surface area (Å²) in [6.07, 6.45) is -5.76. The van der Waals surface area contributed by atoms with Crippen LogP contribution in [0.2, 0.25) is 0 Å². The fourth-order valence-electron chi connectivity index (χ4n) is 15.8. The Balaban J connectivity index is 1.29. The summed E-state index contributed by atoms with van der Waals surface area (Å²) in [6.45, 7) is 4.85. The molecule has 136 heavy (non-hydrogen) atoms. The van der Waals surface area contributed by atoms with Crippen LogP contribution in [-0.2, 0) is 110 Å². The van der Waals surface area contributed by atoms with Crippen LogP contribution < -0.4 is 58.5 Å². The quantitative estimate of drug-likeness (QED) is 0.0230. The van der Waals surface area contributed by atoms with Gasteiger partial charge in [0.05, 0.1) is 98.0 Å². The van der Waals surface area contributed by atoms with Crippen molar-refractivity contribution in [1.82, 2.24) is 63.4 Å². The Morgan fingerprint density at radius 3 is 1.07 bits per heavy atom. The lowest BCUT2D eigenvalue weighted by molar-refractivity contribution is -0.270. The molecule has 47 heteroatoms. The van der Waals surface area contributed by atoms with Gasteiger partial charge in [-0.3, -0.25) is 47.9 Å². The number of amides is 12. The van der Waals surface area contributed by atoms with Gasteiger partial charge in [-0.05, 0) is 116 Å². The number of aliphatic hydroxyl groups excluding tert-OH is 9. The van der Waals surface area contributed by atoms with Gasteiger partial charge in [0, 0.05) is 138 Å². The number of likely N-dealkylation sites (tertiary alicyclic amines) is 1. The lowest BCUT2D eigenvalue weighted by atomic mass is 9.83. The van der Waals surface area contributed by atoms with Crippen LogP contribution in [0.4, 0.5) is 14.4 Å². The standard InChI is InChI=1S/C89H158N12O35/c1-59(105)97-74-80(118)77(115)65(54-102)134-83(74)128-43-20-27-68(109)90-36-14-6-9-17-39-94-86(121)131-46-23-33-89(100-72(113)32-31-71(112)93-42-49-126-50-51-127-58-63(108)26-12-13-30-73(114)101-53-64(125-5)52-62(101)57-124-4,34-24-47-132-87(122)95-40-18-10-7-15-37-91-69(110)28-21-44-129-84-75(98-60(2)106)81(119)78(116)66(55-103)135-84)35-25-48-133-88(123)96-41-19-11-8-16-38-92-70(111)29-22-45-130-85-76(99-61(3)107)82(120)79(117)67(56-104)136-85/h62,64-67,74-85,102-104,115-120H,6-58H2,1-5H3,(H,90,109)(H,91,110)(H,92,111)(H,93,112)(H,94,121)(H,95,122)(H,96,123)(H,97,105)(H,98,106)(H,99,107)(H,100,113)/t62-,64?,65?,66?,67?,74?,75?,76?,77?,78?,79?,80?,81?,82?,83?,84?,85?,89?/m1/s1. The molecule has 16 unspecified atom stereocenters. The predicted molar refractivity (Wildman–Crippen MR) is 483 cm³/mol. The molecule has 17 atom stereocenters. The summed E-state index contributed by atoms with van der Waals surface area (Å²) in [6, 6.07) is -3.38. The first-order valence-corrected chi connectivity index (χ1v) is 48.0. The zero-order valence-corrected chi connectivity index (χ0v) is 79.9. The topological polar surface area (TPSA) is 660 Å². The molecular weight excluding hydrogens is 1800 g/mol. The largest absolute Gasteiger partial charge is 0.450 e. The van der Waals surface area contributed by atoms with E-state index >= 15 is 0 Å². The SMILES string of the molecule is COC[C@H]1CC(OC)CN1C(=O)CCCCC(=O)COCCOCCNC(=O)CCC(=O)NC(CCCOC(=O)NCCCCCCNC(=O)CCCOC1OC(CO)C(O)C(O)C1NC(C)=O)(CCCOC(=O)NCCCCCCNC(=O)CCCOC1OC(CO)C(O)C(O)C1NC(C)=O)CCCOC(=O)NCCCCCCNC(=O)CCCOC1OC(CO)C(O)C(O)C1NC(C)=O. The second-order valence-corrected chi connectivity index (χ2v) is 34.4. The lowest BCUT2D eigenvalue weighted by Crippen LogP contribution is -2.64. The van der Waals surface area contributed by atoms with Crippen LogP contribution in [0.1, 0.15) is 220 Å². The van der Waals surface area contributed by atoms with Crippen molar-refractivity contribution < 1.29 is 170 Å². The van der Waals surface area contributed by atoms with E-state index in [1.54, 1.807) is 19.1 Å². The van der Waals surface area contributed by atoms with Crippen molar-refractivity contribution in [2.75, 3.05) is 159 Å². The summed E-state index contributed by atoms with van der Waals surface area (Å²) < 4.78 is 72.4. The lowest BCUT2D eigenvalue weighted by Gasteiger charge is -2.42. The first kappa shape index (κ1) is 120. The molecule has 0 aromatic carbocycles. The number of carbonyl (C=O) groups is 13. The second kappa shape index (κ2) is 71.4. The van der Waals surface area contributed by atoms with Crippen molar-refractivity contribution >= 4 is 77.2 Å². The van der Waals surface area contributed by atoms with Gasteiger partial charge in [0.15, 0.2) is 24.7 Å². The number of alkyl carbamates (subject to hydrolysis) is 3. The van der Waals surface area contributed by atoms with E-state index in [2.05, 4.69) is 58.5 Å². The molecule has 20 N–H and O–H groups in total. The van der Waals surface area contributed by atoms with Gasteiger partial charge in [0.1, 0.15) is 79.7 Å².